The topological polar surface area (TPSA) is 71.5 Å². The fourth-order valence-electron chi connectivity index (χ4n) is 2.84. The molecule has 0 unspecified atom stereocenters. The van der Waals surface area contributed by atoms with E-state index in [1.54, 1.807) is 18.1 Å². The predicted octanol–water partition coefficient (Wildman–Crippen LogP) is 1.60. The van der Waals surface area contributed by atoms with Crippen molar-refractivity contribution in [3.63, 3.8) is 0 Å². The Morgan fingerprint density at radius 3 is 3.00 bits per heavy atom. The number of nitrogens with one attached hydrogen (secondary N) is 1. The van der Waals surface area contributed by atoms with Gasteiger partial charge in [0.1, 0.15) is 11.3 Å². The monoisotopic (exact) mass is 327 g/mol. The van der Waals surface area contributed by atoms with Gasteiger partial charge in [-0.1, -0.05) is 18.2 Å². The zero-order chi connectivity index (χ0) is 16.9. The Hall–Kier alpha value is -2.63. The van der Waals surface area contributed by atoms with Gasteiger partial charge in [0.25, 0.3) is 0 Å². The van der Waals surface area contributed by atoms with Crippen LogP contribution < -0.4 is 10.1 Å². The number of fused-ring (bicyclic) bond motifs is 1. The zero-order valence-corrected chi connectivity index (χ0v) is 13.7. The zero-order valence-electron chi connectivity index (χ0n) is 13.7. The number of aromatic nitrogens is 1. The molecular weight excluding hydrogens is 306 g/mol. The highest BCUT2D eigenvalue weighted by molar-refractivity contribution is 5.89. The number of benzene rings is 1. The number of nitrogens with zero attached hydrogens (tertiary/aromatic N) is 2. The lowest BCUT2D eigenvalue weighted by Crippen LogP contribution is -2.33. The summed E-state index contributed by atoms with van der Waals surface area (Å²) in [4.78, 5) is 29.4. The molecule has 0 aliphatic carbocycles. The van der Waals surface area contributed by atoms with Gasteiger partial charge in [0.2, 0.25) is 11.8 Å². The van der Waals surface area contributed by atoms with E-state index < -0.39 is 0 Å². The molecule has 0 spiro atoms. The second-order valence-electron chi connectivity index (χ2n) is 6.00. The molecule has 1 aromatic carbocycles. The van der Waals surface area contributed by atoms with E-state index in [0.29, 0.717) is 32.5 Å². The molecule has 0 saturated carbocycles. The molecule has 24 heavy (non-hydrogen) atoms. The van der Waals surface area contributed by atoms with E-state index in [-0.39, 0.29) is 17.7 Å². The van der Waals surface area contributed by atoms with Gasteiger partial charge >= 0.3 is 0 Å². The van der Waals surface area contributed by atoms with Crippen molar-refractivity contribution in [1.29, 1.82) is 0 Å². The molecule has 1 aliphatic rings. The van der Waals surface area contributed by atoms with E-state index in [1.807, 2.05) is 30.3 Å². The van der Waals surface area contributed by atoms with E-state index in [0.717, 1.165) is 16.7 Å². The van der Waals surface area contributed by atoms with Crippen LogP contribution in [0, 0.1) is 5.92 Å². The van der Waals surface area contributed by atoms with Crippen LogP contribution in [-0.4, -0.2) is 48.4 Å². The molecule has 126 valence electrons. The summed E-state index contributed by atoms with van der Waals surface area (Å²) in [6.45, 7) is 1.54. The number of carbonyl (C=O) groups is 2. The van der Waals surface area contributed by atoms with Gasteiger partial charge in [0.15, 0.2) is 0 Å². The third-order valence-electron chi connectivity index (χ3n) is 4.19. The molecule has 6 heteroatoms. The minimum absolute atomic E-state index is 0.0296. The fraction of sp³-hybridized carbons (Fsp3) is 0.389. The molecule has 3 rings (SSSR count). The van der Waals surface area contributed by atoms with Crippen molar-refractivity contribution in [2.75, 3.05) is 26.7 Å². The Morgan fingerprint density at radius 1 is 1.38 bits per heavy atom. The van der Waals surface area contributed by atoms with Crippen LogP contribution >= 0.6 is 0 Å². The SMILES string of the molecule is CN1C[C@H](C(=O)NCCCOc2cccc3cccnc23)CC1=O. The van der Waals surface area contributed by atoms with Crippen molar-refractivity contribution in [2.45, 2.75) is 12.8 Å². The highest BCUT2D eigenvalue weighted by Gasteiger charge is 2.31. The van der Waals surface area contributed by atoms with Crippen LogP contribution in [0.4, 0.5) is 0 Å². The Bertz CT molecular complexity index is 742. The van der Waals surface area contributed by atoms with Crippen molar-refractivity contribution in [3.8, 4) is 5.75 Å². The van der Waals surface area contributed by atoms with Crippen molar-refractivity contribution >= 4 is 22.7 Å². The average molecular weight is 327 g/mol. The van der Waals surface area contributed by atoms with Gasteiger partial charge in [0.05, 0.1) is 12.5 Å². The van der Waals surface area contributed by atoms with Gasteiger partial charge in [-0.2, -0.15) is 0 Å². The van der Waals surface area contributed by atoms with Crippen LogP contribution in [0.15, 0.2) is 36.5 Å². The van der Waals surface area contributed by atoms with Crippen LogP contribution in [0.3, 0.4) is 0 Å². The molecule has 0 bridgehead atoms. The summed E-state index contributed by atoms with van der Waals surface area (Å²) in [5.41, 5.74) is 0.844. The van der Waals surface area contributed by atoms with Crippen LogP contribution in [0.2, 0.25) is 0 Å². The molecule has 1 aliphatic heterocycles. The van der Waals surface area contributed by atoms with Gasteiger partial charge < -0.3 is 15.0 Å². The number of para-hydroxylation sites is 1. The Labute approximate surface area is 140 Å². The first-order chi connectivity index (χ1) is 11.6. The molecule has 2 amide bonds. The first kappa shape index (κ1) is 16.2. The quantitative estimate of drug-likeness (QED) is 0.818. The largest absolute Gasteiger partial charge is 0.491 e. The van der Waals surface area contributed by atoms with Crippen LogP contribution in [-0.2, 0) is 9.59 Å². The second kappa shape index (κ2) is 7.29. The van der Waals surface area contributed by atoms with E-state index in [4.69, 9.17) is 4.74 Å². The number of hydrogen-bond acceptors (Lipinski definition) is 4. The van der Waals surface area contributed by atoms with E-state index in [2.05, 4.69) is 10.3 Å². The number of carbonyl (C=O) groups excluding carboxylic acids is 2. The van der Waals surface area contributed by atoms with Crippen molar-refractivity contribution in [3.05, 3.63) is 36.5 Å². The number of likely N-dealkylation sites (tertiary alicyclic amines) is 1. The minimum Gasteiger partial charge on any atom is -0.491 e. The number of rotatable bonds is 6. The molecule has 1 saturated heterocycles. The van der Waals surface area contributed by atoms with Crippen LogP contribution in [0.5, 0.6) is 5.75 Å². The Morgan fingerprint density at radius 2 is 2.21 bits per heavy atom. The summed E-state index contributed by atoms with van der Waals surface area (Å²) in [6, 6.07) is 9.72. The maximum atomic E-state index is 12.0. The third kappa shape index (κ3) is 3.64. The number of amides is 2. The molecule has 0 radical (unpaired) electrons. The van der Waals surface area contributed by atoms with E-state index in [9.17, 15) is 9.59 Å². The van der Waals surface area contributed by atoms with Gasteiger partial charge in [-0.25, -0.2) is 0 Å². The van der Waals surface area contributed by atoms with Crippen LogP contribution in [0.1, 0.15) is 12.8 Å². The summed E-state index contributed by atoms with van der Waals surface area (Å²) >= 11 is 0. The van der Waals surface area contributed by atoms with Gasteiger partial charge in [-0.15, -0.1) is 0 Å². The lowest BCUT2D eigenvalue weighted by Gasteiger charge is -2.12. The Balaban J connectivity index is 1.42. The van der Waals surface area contributed by atoms with Crippen molar-refractivity contribution in [1.82, 2.24) is 15.2 Å². The lowest BCUT2D eigenvalue weighted by molar-refractivity contribution is -0.128. The molecule has 2 aromatic rings. The highest BCUT2D eigenvalue weighted by Crippen LogP contribution is 2.22. The predicted molar refractivity (Wildman–Crippen MR) is 90.6 cm³/mol. The summed E-state index contributed by atoms with van der Waals surface area (Å²) in [5.74, 6) is 0.495. The molecule has 2 heterocycles. The molecule has 1 N–H and O–H groups in total. The third-order valence-corrected chi connectivity index (χ3v) is 4.19. The first-order valence-corrected chi connectivity index (χ1v) is 8.13. The van der Waals surface area contributed by atoms with Crippen molar-refractivity contribution in [2.24, 2.45) is 5.92 Å². The molecular formula is C18H21N3O3. The molecule has 1 fully saturated rings. The number of hydrogen-bond donors (Lipinski definition) is 1. The maximum Gasteiger partial charge on any atom is 0.225 e. The highest BCUT2D eigenvalue weighted by atomic mass is 16.5. The van der Waals surface area contributed by atoms with Gasteiger partial charge in [0, 0.05) is 38.1 Å². The summed E-state index contributed by atoms with van der Waals surface area (Å²) in [6.07, 6.45) is 2.75. The minimum atomic E-state index is -0.231. The standard InChI is InChI=1S/C18H21N3O3/c1-21-12-14(11-16(21)22)18(23)20-9-4-10-24-15-7-2-5-13-6-3-8-19-17(13)15/h2-3,5-8,14H,4,9-12H2,1H3,(H,20,23)/t14-/m1/s1. The lowest BCUT2D eigenvalue weighted by atomic mass is 10.1. The van der Waals surface area contributed by atoms with Gasteiger partial charge in [-0.05, 0) is 18.6 Å². The van der Waals surface area contributed by atoms with E-state index in [1.165, 1.54) is 0 Å². The maximum absolute atomic E-state index is 12.0. The van der Waals surface area contributed by atoms with E-state index >= 15 is 0 Å². The first-order valence-electron chi connectivity index (χ1n) is 8.13. The van der Waals surface area contributed by atoms with Crippen LogP contribution in [0.25, 0.3) is 10.9 Å². The smallest absolute Gasteiger partial charge is 0.225 e. The summed E-state index contributed by atoms with van der Waals surface area (Å²) in [7, 11) is 1.72. The average Bonchev–Trinajstić information content (AvgIpc) is 2.94. The molecule has 1 atom stereocenters. The Kier molecular flexibility index (Phi) is 4.93. The molecule has 1 aromatic heterocycles. The fourth-order valence-corrected chi connectivity index (χ4v) is 2.84. The van der Waals surface area contributed by atoms with Gasteiger partial charge in [-0.3, -0.25) is 14.6 Å². The number of pyridine rings is 1. The summed E-state index contributed by atoms with van der Waals surface area (Å²) in [5, 5.41) is 3.92. The van der Waals surface area contributed by atoms with Crippen molar-refractivity contribution < 1.29 is 14.3 Å². The summed E-state index contributed by atoms with van der Waals surface area (Å²) < 4.78 is 5.78. The second-order valence-corrected chi connectivity index (χ2v) is 6.00. The normalized spacial score (nSPS) is 17.3. The number of ether oxygens (including phenoxy) is 1. The molecule has 6 nitrogen and oxygen atoms in total.